The number of imidazole rings is 1. The van der Waals surface area contributed by atoms with Gasteiger partial charge in [0.15, 0.2) is 5.03 Å². The summed E-state index contributed by atoms with van der Waals surface area (Å²) in [5, 5.41) is 9.38. The van der Waals surface area contributed by atoms with Crippen LogP contribution in [0.2, 0.25) is 0 Å². The molecule has 0 unspecified atom stereocenters. The van der Waals surface area contributed by atoms with Crippen molar-refractivity contribution < 1.29 is 18.3 Å². The summed E-state index contributed by atoms with van der Waals surface area (Å²) in [6.45, 7) is 0. The number of rotatable bonds is 4. The first-order valence-electron chi connectivity index (χ1n) is 6.27. The highest BCUT2D eigenvalue weighted by molar-refractivity contribution is 7.92. The summed E-state index contributed by atoms with van der Waals surface area (Å²) in [6.07, 6.45) is 5.13. The van der Waals surface area contributed by atoms with Crippen molar-refractivity contribution in [2.24, 2.45) is 7.05 Å². The van der Waals surface area contributed by atoms with Crippen LogP contribution in [0.1, 0.15) is 27.2 Å². The monoisotopic (exact) mass is 327 g/mol. The Morgan fingerprint density at radius 2 is 2.24 bits per heavy atom. The molecule has 0 radical (unpaired) electrons. The first-order valence-corrected chi connectivity index (χ1v) is 8.57. The molecule has 2 N–H and O–H groups in total. The molecule has 0 fully saturated rings. The number of carboxylic acid groups (broad SMARTS) is 1. The highest BCUT2D eigenvalue weighted by Crippen LogP contribution is 2.39. The van der Waals surface area contributed by atoms with Gasteiger partial charge in [-0.3, -0.25) is 4.72 Å². The third-order valence-electron chi connectivity index (χ3n) is 3.32. The summed E-state index contributed by atoms with van der Waals surface area (Å²) >= 11 is 1.20. The topological polar surface area (TPSA) is 101 Å². The highest BCUT2D eigenvalue weighted by atomic mass is 32.2. The van der Waals surface area contributed by atoms with Crippen molar-refractivity contribution in [3.05, 3.63) is 28.5 Å². The smallest absolute Gasteiger partial charge is 0.339 e. The van der Waals surface area contributed by atoms with Crippen molar-refractivity contribution in [1.82, 2.24) is 9.55 Å². The first-order chi connectivity index (χ1) is 9.88. The van der Waals surface area contributed by atoms with Gasteiger partial charge >= 0.3 is 5.97 Å². The van der Waals surface area contributed by atoms with Crippen LogP contribution >= 0.6 is 11.3 Å². The number of hydrogen-bond donors (Lipinski definition) is 2. The van der Waals surface area contributed by atoms with E-state index < -0.39 is 16.0 Å². The number of sulfonamides is 1. The van der Waals surface area contributed by atoms with Gasteiger partial charge in [0.25, 0.3) is 10.0 Å². The Morgan fingerprint density at radius 3 is 2.86 bits per heavy atom. The fourth-order valence-electron chi connectivity index (χ4n) is 2.40. The number of aromatic carboxylic acids is 1. The fraction of sp³-hybridized carbons (Fsp3) is 0.333. The third kappa shape index (κ3) is 2.42. The molecule has 1 aliphatic rings. The van der Waals surface area contributed by atoms with Crippen LogP contribution in [0.4, 0.5) is 5.00 Å². The van der Waals surface area contributed by atoms with Crippen LogP contribution in [0.5, 0.6) is 0 Å². The van der Waals surface area contributed by atoms with Gasteiger partial charge in [0, 0.05) is 18.1 Å². The number of fused-ring (bicyclic) bond motifs is 1. The summed E-state index contributed by atoms with van der Waals surface area (Å²) in [7, 11) is -2.21. The van der Waals surface area contributed by atoms with Crippen LogP contribution in [-0.4, -0.2) is 29.0 Å². The lowest BCUT2D eigenvalue weighted by Crippen LogP contribution is -2.15. The zero-order valence-electron chi connectivity index (χ0n) is 11.2. The van der Waals surface area contributed by atoms with Gasteiger partial charge in [-0.2, -0.15) is 8.42 Å². The number of anilines is 1. The zero-order chi connectivity index (χ0) is 15.2. The van der Waals surface area contributed by atoms with E-state index in [1.165, 1.54) is 28.4 Å². The molecule has 1 aliphatic carbocycles. The van der Waals surface area contributed by atoms with Gasteiger partial charge in [0.2, 0.25) is 0 Å². The van der Waals surface area contributed by atoms with Crippen LogP contribution < -0.4 is 4.72 Å². The lowest BCUT2D eigenvalue weighted by molar-refractivity contribution is 0.0697. The van der Waals surface area contributed by atoms with E-state index in [0.717, 1.165) is 23.3 Å². The summed E-state index contributed by atoms with van der Waals surface area (Å²) in [4.78, 5) is 16.2. The zero-order valence-corrected chi connectivity index (χ0v) is 12.8. The number of aryl methyl sites for hydroxylation is 2. The molecule has 9 heteroatoms. The molecule has 2 heterocycles. The molecule has 21 heavy (non-hydrogen) atoms. The third-order valence-corrected chi connectivity index (χ3v) is 5.89. The van der Waals surface area contributed by atoms with E-state index in [1.807, 2.05) is 0 Å². The Kier molecular flexibility index (Phi) is 3.25. The lowest BCUT2D eigenvalue weighted by Gasteiger charge is -2.05. The molecule has 112 valence electrons. The summed E-state index contributed by atoms with van der Waals surface area (Å²) in [5.41, 5.74) is 0.832. The Balaban J connectivity index is 2.01. The standard InChI is InChI=1S/C12H13N3O4S2/c1-15-5-9(13-6-15)21(18,19)14-11-10(12(16)17)7-3-2-4-8(7)20-11/h5-6,14H,2-4H2,1H3,(H,16,17). The molecule has 2 aromatic heterocycles. The van der Waals surface area contributed by atoms with E-state index in [1.54, 1.807) is 7.05 Å². The van der Waals surface area contributed by atoms with Crippen molar-refractivity contribution in [3.63, 3.8) is 0 Å². The second kappa shape index (κ2) is 4.85. The van der Waals surface area contributed by atoms with Crippen molar-refractivity contribution in [1.29, 1.82) is 0 Å². The maximum Gasteiger partial charge on any atom is 0.339 e. The van der Waals surface area contributed by atoms with E-state index in [9.17, 15) is 18.3 Å². The molecule has 0 spiro atoms. The van der Waals surface area contributed by atoms with Gasteiger partial charge < -0.3 is 9.67 Å². The Morgan fingerprint density at radius 1 is 1.48 bits per heavy atom. The minimum atomic E-state index is -3.87. The molecule has 3 rings (SSSR count). The van der Waals surface area contributed by atoms with Gasteiger partial charge in [-0.05, 0) is 24.8 Å². The molecule has 0 saturated carbocycles. The van der Waals surface area contributed by atoms with E-state index >= 15 is 0 Å². The molecule has 0 atom stereocenters. The minimum Gasteiger partial charge on any atom is -0.478 e. The number of carboxylic acids is 1. The number of aromatic nitrogens is 2. The lowest BCUT2D eigenvalue weighted by atomic mass is 10.1. The molecular formula is C12H13N3O4S2. The number of thiophene rings is 1. The van der Waals surface area contributed by atoms with Crippen molar-refractivity contribution in [2.45, 2.75) is 24.3 Å². The van der Waals surface area contributed by atoms with Crippen molar-refractivity contribution >= 4 is 32.3 Å². The molecule has 0 bridgehead atoms. The van der Waals surface area contributed by atoms with E-state index in [-0.39, 0.29) is 15.6 Å². The van der Waals surface area contributed by atoms with Crippen molar-refractivity contribution in [3.8, 4) is 0 Å². The Labute approximate surface area is 125 Å². The van der Waals surface area contributed by atoms with Crippen LogP contribution in [0.25, 0.3) is 0 Å². The number of nitrogens with zero attached hydrogens (tertiary/aromatic N) is 2. The first kappa shape index (κ1) is 14.1. The second-order valence-corrected chi connectivity index (χ2v) is 7.58. The van der Waals surface area contributed by atoms with Crippen LogP contribution in [-0.2, 0) is 29.9 Å². The van der Waals surface area contributed by atoms with Crippen LogP contribution in [0.15, 0.2) is 17.6 Å². The Hall–Kier alpha value is -1.87. The molecule has 0 aromatic carbocycles. The maximum absolute atomic E-state index is 12.2. The van der Waals surface area contributed by atoms with Crippen molar-refractivity contribution in [2.75, 3.05) is 4.72 Å². The molecular weight excluding hydrogens is 314 g/mol. The fourth-order valence-corrected chi connectivity index (χ4v) is 4.97. The van der Waals surface area contributed by atoms with Gasteiger partial charge in [-0.15, -0.1) is 11.3 Å². The van der Waals surface area contributed by atoms with E-state index in [0.29, 0.717) is 6.42 Å². The molecule has 2 aromatic rings. The molecule has 0 amide bonds. The summed E-state index contributed by atoms with van der Waals surface area (Å²) in [5.74, 6) is -1.10. The maximum atomic E-state index is 12.2. The molecule has 0 aliphatic heterocycles. The van der Waals surface area contributed by atoms with E-state index in [4.69, 9.17) is 0 Å². The predicted molar refractivity (Wildman–Crippen MR) is 77.3 cm³/mol. The number of nitrogens with one attached hydrogen (secondary N) is 1. The van der Waals surface area contributed by atoms with Crippen LogP contribution in [0, 0.1) is 0 Å². The van der Waals surface area contributed by atoms with Gasteiger partial charge in [-0.25, -0.2) is 9.78 Å². The molecule has 0 saturated heterocycles. The minimum absolute atomic E-state index is 0.0759. The normalized spacial score (nSPS) is 14.1. The SMILES string of the molecule is Cn1cnc(S(=O)(=O)Nc2sc3c(c2C(=O)O)CCC3)c1. The van der Waals surface area contributed by atoms with Gasteiger partial charge in [-0.1, -0.05) is 0 Å². The molecule has 7 nitrogen and oxygen atoms in total. The second-order valence-electron chi connectivity index (χ2n) is 4.85. The summed E-state index contributed by atoms with van der Waals surface area (Å²) in [6, 6.07) is 0. The quantitative estimate of drug-likeness (QED) is 0.885. The average Bonchev–Trinajstić information content (AvgIpc) is 3.03. The number of carbonyl (C=O) groups is 1. The highest BCUT2D eigenvalue weighted by Gasteiger charge is 2.29. The van der Waals surface area contributed by atoms with Gasteiger partial charge in [0.05, 0.1) is 11.9 Å². The largest absolute Gasteiger partial charge is 0.478 e. The Bertz CT molecular complexity index is 820. The predicted octanol–water partition coefficient (Wildman–Crippen LogP) is 1.47. The van der Waals surface area contributed by atoms with Gasteiger partial charge in [0.1, 0.15) is 5.00 Å². The number of hydrogen-bond acceptors (Lipinski definition) is 5. The average molecular weight is 327 g/mol. The summed E-state index contributed by atoms with van der Waals surface area (Å²) < 4.78 is 28.4. The van der Waals surface area contributed by atoms with Crippen LogP contribution in [0.3, 0.4) is 0 Å². The van der Waals surface area contributed by atoms with E-state index in [2.05, 4.69) is 9.71 Å².